The third kappa shape index (κ3) is 1.53. The van der Waals surface area contributed by atoms with Gasteiger partial charge in [0.1, 0.15) is 5.52 Å². The molecule has 3 rings (SSSR count). The molecule has 1 aliphatic rings. The van der Waals surface area contributed by atoms with Gasteiger partial charge in [-0.15, -0.1) is 0 Å². The molecule has 18 heavy (non-hydrogen) atoms. The fraction of sp³-hybridized carbons (Fsp3) is 0.692. The van der Waals surface area contributed by atoms with Crippen LogP contribution in [0.3, 0.4) is 0 Å². The van der Waals surface area contributed by atoms with Gasteiger partial charge < -0.3 is 5.73 Å². The van der Waals surface area contributed by atoms with Crippen molar-refractivity contribution in [3.05, 3.63) is 5.69 Å². The zero-order valence-corrected chi connectivity index (χ0v) is 11.4. The lowest BCUT2D eigenvalue weighted by atomic mass is 9.70. The van der Waals surface area contributed by atoms with E-state index in [1.54, 1.807) is 0 Å². The van der Waals surface area contributed by atoms with Crippen molar-refractivity contribution in [2.75, 3.05) is 5.73 Å². The average molecular weight is 247 g/mol. The highest BCUT2D eigenvalue weighted by atomic mass is 15.3. The molecule has 0 bridgehead atoms. The van der Waals surface area contributed by atoms with Crippen LogP contribution in [0.5, 0.6) is 0 Å². The Bertz CT molecular complexity index is 588. The number of aryl methyl sites for hydroxylation is 2. The highest BCUT2D eigenvalue weighted by molar-refractivity contribution is 5.77. The van der Waals surface area contributed by atoms with Crippen molar-refractivity contribution < 1.29 is 0 Å². The highest BCUT2D eigenvalue weighted by Crippen LogP contribution is 2.42. The smallest absolute Gasteiger partial charge is 0.202 e. The number of fused-ring (bicyclic) bond motifs is 1. The second-order valence-electron chi connectivity index (χ2n) is 5.82. The number of nitrogen functional groups attached to an aromatic ring is 1. The van der Waals surface area contributed by atoms with Crippen molar-refractivity contribution in [2.24, 2.45) is 12.5 Å². The predicted molar refractivity (Wildman–Crippen MR) is 72.2 cm³/mol. The summed E-state index contributed by atoms with van der Waals surface area (Å²) >= 11 is 0. The van der Waals surface area contributed by atoms with E-state index < -0.39 is 0 Å². The van der Waals surface area contributed by atoms with Crippen LogP contribution < -0.4 is 5.73 Å². The Labute approximate surface area is 107 Å². The molecular weight excluding hydrogens is 226 g/mol. The second kappa shape index (κ2) is 3.73. The van der Waals surface area contributed by atoms with E-state index in [4.69, 9.17) is 5.73 Å². The zero-order chi connectivity index (χ0) is 12.9. The van der Waals surface area contributed by atoms with Crippen molar-refractivity contribution in [2.45, 2.75) is 46.1 Å². The van der Waals surface area contributed by atoms with Crippen LogP contribution in [0.1, 0.15) is 38.8 Å². The van der Waals surface area contributed by atoms with Crippen molar-refractivity contribution in [1.82, 2.24) is 19.3 Å². The first-order valence-electron chi connectivity index (χ1n) is 6.72. The van der Waals surface area contributed by atoms with Gasteiger partial charge in [-0.25, -0.2) is 4.98 Å². The monoisotopic (exact) mass is 247 g/mol. The van der Waals surface area contributed by atoms with Gasteiger partial charge >= 0.3 is 0 Å². The molecule has 0 saturated heterocycles. The maximum Gasteiger partial charge on any atom is 0.202 e. The minimum Gasteiger partial charge on any atom is -0.369 e. The fourth-order valence-corrected chi connectivity index (χ4v) is 2.97. The highest BCUT2D eigenvalue weighted by Gasteiger charge is 2.33. The van der Waals surface area contributed by atoms with Crippen molar-refractivity contribution >= 4 is 17.1 Å². The van der Waals surface area contributed by atoms with Gasteiger partial charge in [0.15, 0.2) is 5.65 Å². The first kappa shape index (κ1) is 11.6. The molecule has 1 aliphatic carbocycles. The molecule has 1 saturated carbocycles. The molecule has 2 heterocycles. The molecule has 5 nitrogen and oxygen atoms in total. The van der Waals surface area contributed by atoms with E-state index in [0.29, 0.717) is 11.4 Å². The van der Waals surface area contributed by atoms with Crippen LogP contribution in [0, 0.1) is 5.41 Å². The van der Waals surface area contributed by atoms with E-state index in [9.17, 15) is 0 Å². The number of nitrogens with two attached hydrogens (primary N) is 1. The molecule has 0 unspecified atom stereocenters. The molecule has 0 amide bonds. The van der Waals surface area contributed by atoms with E-state index in [0.717, 1.165) is 29.8 Å². The summed E-state index contributed by atoms with van der Waals surface area (Å²) in [5, 5.41) is 4.52. The van der Waals surface area contributed by atoms with Gasteiger partial charge in [-0.3, -0.25) is 9.25 Å². The van der Waals surface area contributed by atoms with E-state index >= 15 is 0 Å². The maximum atomic E-state index is 6.09. The van der Waals surface area contributed by atoms with E-state index in [1.165, 1.54) is 19.3 Å². The standard InChI is InChI=1S/C13H21N5/c1-4-9-10-11(17(3)16-9)18(12(14)15-10)8-13(2)6-5-7-13/h4-8H2,1-3H3,(H2,14,15). The molecule has 0 aromatic carbocycles. The summed E-state index contributed by atoms with van der Waals surface area (Å²) in [7, 11) is 1.97. The van der Waals surface area contributed by atoms with Crippen molar-refractivity contribution in [1.29, 1.82) is 0 Å². The number of imidazole rings is 1. The van der Waals surface area contributed by atoms with Crippen LogP contribution in [0.2, 0.25) is 0 Å². The molecular formula is C13H21N5. The molecule has 0 atom stereocenters. The summed E-state index contributed by atoms with van der Waals surface area (Å²) in [6, 6.07) is 0. The number of rotatable bonds is 3. The first-order valence-corrected chi connectivity index (χ1v) is 6.72. The Kier molecular flexibility index (Phi) is 2.40. The number of anilines is 1. The second-order valence-corrected chi connectivity index (χ2v) is 5.82. The molecule has 98 valence electrons. The summed E-state index contributed by atoms with van der Waals surface area (Å²) in [6.07, 6.45) is 4.79. The predicted octanol–water partition coefficient (Wildman–Crippen LogP) is 2.10. The summed E-state index contributed by atoms with van der Waals surface area (Å²) in [6.45, 7) is 5.39. The SMILES string of the molecule is CCc1nn(C)c2c1nc(N)n2CC1(C)CCC1. The van der Waals surface area contributed by atoms with Crippen LogP contribution >= 0.6 is 0 Å². The Morgan fingerprint density at radius 2 is 2.11 bits per heavy atom. The van der Waals surface area contributed by atoms with Crippen molar-refractivity contribution in [3.8, 4) is 0 Å². The van der Waals surface area contributed by atoms with Gasteiger partial charge in [0.05, 0.1) is 5.69 Å². The van der Waals surface area contributed by atoms with Gasteiger partial charge in [-0.05, 0) is 24.7 Å². The number of hydrogen-bond donors (Lipinski definition) is 1. The summed E-state index contributed by atoms with van der Waals surface area (Å²) < 4.78 is 4.06. The van der Waals surface area contributed by atoms with Crippen LogP contribution in [-0.2, 0) is 20.0 Å². The normalized spacial score (nSPS) is 18.2. The Morgan fingerprint density at radius 1 is 1.39 bits per heavy atom. The van der Waals surface area contributed by atoms with E-state index in [1.807, 2.05) is 11.7 Å². The summed E-state index contributed by atoms with van der Waals surface area (Å²) in [4.78, 5) is 4.50. The Hall–Kier alpha value is -1.52. The minimum absolute atomic E-state index is 0.387. The molecule has 2 aromatic heterocycles. The third-order valence-corrected chi connectivity index (χ3v) is 4.26. The lowest BCUT2D eigenvalue weighted by Gasteiger charge is -2.38. The minimum atomic E-state index is 0.387. The van der Waals surface area contributed by atoms with Gasteiger partial charge in [0, 0.05) is 13.6 Å². The number of aromatic nitrogens is 4. The zero-order valence-electron chi connectivity index (χ0n) is 11.4. The number of hydrogen-bond acceptors (Lipinski definition) is 3. The van der Waals surface area contributed by atoms with Gasteiger partial charge in [0.25, 0.3) is 0 Å². The van der Waals surface area contributed by atoms with Crippen LogP contribution in [-0.4, -0.2) is 19.3 Å². The fourth-order valence-electron chi connectivity index (χ4n) is 2.97. The maximum absolute atomic E-state index is 6.09. The van der Waals surface area contributed by atoms with Crippen LogP contribution in [0.25, 0.3) is 11.2 Å². The van der Waals surface area contributed by atoms with Gasteiger partial charge in [-0.2, -0.15) is 5.10 Å². The third-order valence-electron chi connectivity index (χ3n) is 4.26. The summed E-state index contributed by atoms with van der Waals surface area (Å²) in [5.74, 6) is 0.626. The average Bonchev–Trinajstić information content (AvgIpc) is 2.76. The molecule has 0 aliphatic heterocycles. The Morgan fingerprint density at radius 3 is 2.67 bits per heavy atom. The van der Waals surface area contributed by atoms with Crippen LogP contribution in [0.15, 0.2) is 0 Å². The molecule has 2 aromatic rings. The quantitative estimate of drug-likeness (QED) is 0.903. The molecule has 1 fully saturated rings. The number of nitrogens with zero attached hydrogens (tertiary/aromatic N) is 4. The van der Waals surface area contributed by atoms with Crippen LogP contribution in [0.4, 0.5) is 5.95 Å². The lowest BCUT2D eigenvalue weighted by molar-refractivity contribution is 0.134. The molecule has 0 spiro atoms. The largest absolute Gasteiger partial charge is 0.369 e. The Balaban J connectivity index is 2.10. The first-order chi connectivity index (χ1) is 8.54. The molecule has 0 radical (unpaired) electrons. The lowest BCUT2D eigenvalue weighted by Crippen LogP contribution is -2.31. The summed E-state index contributed by atoms with van der Waals surface area (Å²) in [5.41, 5.74) is 9.55. The van der Waals surface area contributed by atoms with Crippen molar-refractivity contribution in [3.63, 3.8) is 0 Å². The molecule has 2 N–H and O–H groups in total. The van der Waals surface area contributed by atoms with E-state index in [-0.39, 0.29) is 0 Å². The molecule has 5 heteroatoms. The van der Waals surface area contributed by atoms with E-state index in [2.05, 4.69) is 28.5 Å². The van der Waals surface area contributed by atoms with Gasteiger partial charge in [0.2, 0.25) is 5.95 Å². The van der Waals surface area contributed by atoms with Gasteiger partial charge in [-0.1, -0.05) is 20.3 Å². The topological polar surface area (TPSA) is 61.7 Å².